The van der Waals surface area contributed by atoms with Crippen LogP contribution in [0.4, 0.5) is 0 Å². The predicted octanol–water partition coefficient (Wildman–Crippen LogP) is 2.62. The number of benzene rings is 3. The van der Waals surface area contributed by atoms with Crippen molar-refractivity contribution < 1.29 is 14.4 Å². The zero-order chi connectivity index (χ0) is 24.6. The first-order valence-corrected chi connectivity index (χ1v) is 11.9. The van der Waals surface area contributed by atoms with E-state index in [4.69, 9.17) is 4.74 Å². The summed E-state index contributed by atoms with van der Waals surface area (Å²) in [5.41, 5.74) is 1.71. The van der Waals surface area contributed by atoms with E-state index in [1.54, 1.807) is 42.5 Å². The summed E-state index contributed by atoms with van der Waals surface area (Å²) in [5, 5.41) is 8.44. The molecule has 0 aliphatic carbocycles. The number of methoxy groups -OCH3 is 1. The van der Waals surface area contributed by atoms with Crippen LogP contribution in [-0.4, -0.2) is 42.4 Å². The molecule has 1 atom stereocenters. The van der Waals surface area contributed by atoms with Crippen LogP contribution < -0.4 is 20.5 Å². The highest BCUT2D eigenvalue weighted by Gasteiger charge is 2.19. The van der Waals surface area contributed by atoms with Gasteiger partial charge in [0, 0.05) is 23.9 Å². The lowest BCUT2D eigenvalue weighted by Gasteiger charge is -2.18. The topological polar surface area (TPSA) is 77.7 Å². The van der Waals surface area contributed by atoms with E-state index in [0.29, 0.717) is 28.8 Å². The van der Waals surface area contributed by atoms with Crippen molar-refractivity contribution in [1.29, 1.82) is 0 Å². The number of carbonyl (C=O) groups excluding carboxylic acids is 1. The fourth-order valence-corrected chi connectivity index (χ4v) is 4.22. The molecule has 0 radical (unpaired) electrons. The molecular weight excluding hydrogens is 440 g/mol. The molecular formula is C28H31N4O3+. The number of quaternary nitrogens is 1. The van der Waals surface area contributed by atoms with Crippen molar-refractivity contribution in [2.75, 3.05) is 26.7 Å². The standard InChI is InChI=1S/C28H30N4O3/c1-3-31(20-21-12-5-4-6-13-21)19-11-18-29-27(33)26-22-14-7-8-15-23(22)28(34)32(30-26)24-16-9-10-17-25(24)35-2/h4-10,12-17H,3,11,18-20H2,1-2H3,(H,29,33)/p+1. The van der Waals surface area contributed by atoms with Gasteiger partial charge in [-0.05, 0) is 25.1 Å². The lowest BCUT2D eigenvalue weighted by molar-refractivity contribution is -0.912. The highest BCUT2D eigenvalue weighted by Crippen LogP contribution is 2.22. The molecule has 0 saturated carbocycles. The van der Waals surface area contributed by atoms with E-state index in [2.05, 4.69) is 41.6 Å². The van der Waals surface area contributed by atoms with E-state index in [9.17, 15) is 9.59 Å². The summed E-state index contributed by atoms with van der Waals surface area (Å²) in [4.78, 5) is 27.8. The Hall–Kier alpha value is -3.97. The lowest BCUT2D eigenvalue weighted by atomic mass is 10.1. The van der Waals surface area contributed by atoms with Gasteiger partial charge in [0.2, 0.25) is 0 Å². The van der Waals surface area contributed by atoms with Crippen LogP contribution in [0.3, 0.4) is 0 Å². The molecule has 3 aromatic carbocycles. The second-order valence-electron chi connectivity index (χ2n) is 8.41. The molecule has 0 aliphatic rings. The summed E-state index contributed by atoms with van der Waals surface area (Å²) < 4.78 is 6.67. The number of hydrogen-bond acceptors (Lipinski definition) is 4. The average molecular weight is 472 g/mol. The van der Waals surface area contributed by atoms with Gasteiger partial charge >= 0.3 is 0 Å². The Morgan fingerprint density at radius 1 is 0.971 bits per heavy atom. The molecule has 0 bridgehead atoms. The average Bonchev–Trinajstić information content (AvgIpc) is 2.91. The van der Waals surface area contributed by atoms with Crippen LogP contribution in [0.25, 0.3) is 16.5 Å². The Bertz CT molecular complexity index is 1350. The molecule has 0 fully saturated rings. The number of para-hydroxylation sites is 2. The minimum absolute atomic E-state index is 0.218. The van der Waals surface area contributed by atoms with Gasteiger partial charge in [-0.15, -0.1) is 0 Å². The van der Waals surface area contributed by atoms with E-state index in [1.165, 1.54) is 22.3 Å². The minimum atomic E-state index is -0.301. The van der Waals surface area contributed by atoms with Crippen LogP contribution in [0.5, 0.6) is 5.75 Å². The number of aromatic nitrogens is 2. The maximum Gasteiger partial charge on any atom is 0.279 e. The highest BCUT2D eigenvalue weighted by molar-refractivity contribution is 6.04. The molecule has 1 aromatic heterocycles. The molecule has 4 rings (SSSR count). The molecule has 0 spiro atoms. The number of nitrogens with one attached hydrogen (secondary N) is 2. The Balaban J connectivity index is 1.51. The van der Waals surface area contributed by atoms with Gasteiger partial charge in [-0.3, -0.25) is 9.59 Å². The van der Waals surface area contributed by atoms with Crippen LogP contribution in [0.1, 0.15) is 29.4 Å². The van der Waals surface area contributed by atoms with E-state index >= 15 is 0 Å². The molecule has 180 valence electrons. The zero-order valence-electron chi connectivity index (χ0n) is 20.2. The third-order valence-electron chi connectivity index (χ3n) is 6.12. The Morgan fingerprint density at radius 3 is 2.40 bits per heavy atom. The summed E-state index contributed by atoms with van der Waals surface area (Å²) in [6.45, 7) is 5.62. The summed E-state index contributed by atoms with van der Waals surface area (Å²) >= 11 is 0. The maximum absolute atomic E-state index is 13.2. The van der Waals surface area contributed by atoms with E-state index in [0.717, 1.165) is 26.1 Å². The third kappa shape index (κ3) is 5.58. The summed E-state index contributed by atoms with van der Waals surface area (Å²) in [6, 6.07) is 24.6. The Morgan fingerprint density at radius 2 is 1.66 bits per heavy atom. The van der Waals surface area contributed by atoms with Crippen molar-refractivity contribution in [2.45, 2.75) is 19.9 Å². The molecule has 0 saturated heterocycles. The predicted molar refractivity (Wildman–Crippen MR) is 137 cm³/mol. The van der Waals surface area contributed by atoms with Gasteiger partial charge in [-0.1, -0.05) is 60.7 Å². The Labute approximate surface area is 205 Å². The van der Waals surface area contributed by atoms with Crippen molar-refractivity contribution in [1.82, 2.24) is 15.1 Å². The number of ether oxygens (including phenoxy) is 1. The summed E-state index contributed by atoms with van der Waals surface area (Å²) in [5.74, 6) is 0.204. The minimum Gasteiger partial charge on any atom is -0.494 e. The van der Waals surface area contributed by atoms with E-state index in [-0.39, 0.29) is 17.2 Å². The normalized spacial score (nSPS) is 11.8. The molecule has 1 amide bonds. The molecule has 7 heteroatoms. The summed E-state index contributed by atoms with van der Waals surface area (Å²) in [7, 11) is 1.54. The number of amides is 1. The molecule has 35 heavy (non-hydrogen) atoms. The number of carbonyl (C=O) groups is 1. The highest BCUT2D eigenvalue weighted by atomic mass is 16.5. The van der Waals surface area contributed by atoms with Crippen LogP contribution in [0, 0.1) is 0 Å². The number of rotatable bonds is 10. The van der Waals surface area contributed by atoms with E-state index < -0.39 is 0 Å². The van der Waals surface area contributed by atoms with Crippen LogP contribution in [0.15, 0.2) is 83.7 Å². The van der Waals surface area contributed by atoms with Crippen molar-refractivity contribution in [3.05, 3.63) is 100 Å². The molecule has 7 nitrogen and oxygen atoms in total. The second-order valence-corrected chi connectivity index (χ2v) is 8.41. The molecule has 2 N–H and O–H groups in total. The fourth-order valence-electron chi connectivity index (χ4n) is 4.22. The molecule has 0 aliphatic heterocycles. The van der Waals surface area contributed by atoms with Gasteiger partial charge in [0.1, 0.15) is 18.0 Å². The van der Waals surface area contributed by atoms with Gasteiger partial charge in [-0.2, -0.15) is 9.78 Å². The van der Waals surface area contributed by atoms with Crippen molar-refractivity contribution in [2.24, 2.45) is 0 Å². The van der Waals surface area contributed by atoms with Gasteiger partial charge in [0.15, 0.2) is 5.69 Å². The number of nitrogens with zero attached hydrogens (tertiary/aromatic N) is 2. The fraction of sp³-hybridized carbons (Fsp3) is 0.250. The van der Waals surface area contributed by atoms with E-state index in [1.807, 2.05) is 12.1 Å². The molecule has 1 unspecified atom stereocenters. The first-order chi connectivity index (χ1) is 17.1. The van der Waals surface area contributed by atoms with Gasteiger partial charge < -0.3 is 15.0 Å². The lowest BCUT2D eigenvalue weighted by Crippen LogP contribution is -3.10. The van der Waals surface area contributed by atoms with Crippen molar-refractivity contribution >= 4 is 16.7 Å². The molecule has 4 aromatic rings. The van der Waals surface area contributed by atoms with Gasteiger partial charge in [0.05, 0.1) is 25.6 Å². The first-order valence-electron chi connectivity index (χ1n) is 11.9. The quantitative estimate of drug-likeness (QED) is 0.349. The third-order valence-corrected chi connectivity index (χ3v) is 6.12. The largest absolute Gasteiger partial charge is 0.494 e. The summed E-state index contributed by atoms with van der Waals surface area (Å²) in [6.07, 6.45) is 0.839. The van der Waals surface area contributed by atoms with Crippen molar-refractivity contribution in [3.8, 4) is 11.4 Å². The van der Waals surface area contributed by atoms with Crippen LogP contribution >= 0.6 is 0 Å². The van der Waals surface area contributed by atoms with Crippen LogP contribution in [-0.2, 0) is 6.54 Å². The SMILES string of the molecule is CC[NH+](CCCNC(=O)c1nn(-c2ccccc2OC)c(=O)c2ccccc12)Cc1ccccc1. The first kappa shape index (κ1) is 24.2. The number of fused-ring (bicyclic) bond motifs is 1. The van der Waals surface area contributed by atoms with Gasteiger partial charge in [0.25, 0.3) is 11.5 Å². The van der Waals surface area contributed by atoms with Crippen LogP contribution in [0.2, 0.25) is 0 Å². The second kappa shape index (κ2) is 11.4. The van der Waals surface area contributed by atoms with Gasteiger partial charge in [-0.25, -0.2) is 0 Å². The smallest absolute Gasteiger partial charge is 0.279 e. The van der Waals surface area contributed by atoms with Crippen molar-refractivity contribution in [3.63, 3.8) is 0 Å². The zero-order valence-corrected chi connectivity index (χ0v) is 20.2. The Kier molecular flexibility index (Phi) is 7.90. The molecule has 1 heterocycles. The maximum atomic E-state index is 13.2. The monoisotopic (exact) mass is 471 g/mol. The number of hydrogen-bond donors (Lipinski definition) is 2.